The van der Waals surface area contributed by atoms with Crippen LogP contribution in [-0.4, -0.2) is 33.3 Å². The van der Waals surface area contributed by atoms with Crippen LogP contribution < -0.4 is 0 Å². The zero-order chi connectivity index (χ0) is 20.4. The molecule has 1 amide bonds. The third-order valence-corrected chi connectivity index (χ3v) is 5.83. The molecule has 4 rings (SSSR count). The second kappa shape index (κ2) is 7.93. The van der Waals surface area contributed by atoms with Crippen LogP contribution >= 0.6 is 11.3 Å². The number of aliphatic hydroxyl groups excluding tert-OH is 1. The summed E-state index contributed by atoms with van der Waals surface area (Å²) in [6.45, 7) is 0.328. The number of aliphatic hydroxyl groups is 1. The van der Waals surface area contributed by atoms with Gasteiger partial charge >= 0.3 is 0 Å². The third-order valence-electron chi connectivity index (χ3n) is 4.96. The molecular formula is C23H19NO4S. The SMILES string of the molecule is O=C(C1=C(O)C(=O)N(CCc2ccccc2)C1c1cccc(O)c1)c1cccs1. The van der Waals surface area contributed by atoms with Crippen LogP contribution in [0.15, 0.2) is 83.4 Å². The van der Waals surface area contributed by atoms with E-state index in [4.69, 9.17) is 0 Å². The van der Waals surface area contributed by atoms with E-state index in [1.807, 2.05) is 30.3 Å². The lowest BCUT2D eigenvalue weighted by Gasteiger charge is -2.27. The van der Waals surface area contributed by atoms with E-state index < -0.39 is 17.7 Å². The zero-order valence-corrected chi connectivity index (χ0v) is 16.3. The zero-order valence-electron chi connectivity index (χ0n) is 15.5. The highest BCUT2D eigenvalue weighted by Gasteiger charge is 2.43. The van der Waals surface area contributed by atoms with Crippen molar-refractivity contribution in [2.45, 2.75) is 12.5 Å². The summed E-state index contributed by atoms with van der Waals surface area (Å²) in [7, 11) is 0. The highest BCUT2D eigenvalue weighted by Crippen LogP contribution is 2.40. The molecule has 1 atom stereocenters. The number of carbonyl (C=O) groups excluding carboxylic acids is 2. The van der Waals surface area contributed by atoms with E-state index in [1.54, 1.807) is 29.6 Å². The van der Waals surface area contributed by atoms with E-state index in [0.717, 1.165) is 5.56 Å². The molecule has 0 spiro atoms. The maximum atomic E-state index is 13.1. The Hall–Kier alpha value is -3.38. The fourth-order valence-electron chi connectivity index (χ4n) is 3.59. The molecule has 146 valence electrons. The van der Waals surface area contributed by atoms with Gasteiger partial charge in [0, 0.05) is 6.54 Å². The number of carbonyl (C=O) groups is 2. The monoisotopic (exact) mass is 405 g/mol. The molecule has 0 radical (unpaired) electrons. The van der Waals surface area contributed by atoms with Gasteiger partial charge in [-0.1, -0.05) is 48.5 Å². The van der Waals surface area contributed by atoms with E-state index in [-0.39, 0.29) is 17.1 Å². The van der Waals surface area contributed by atoms with E-state index in [1.165, 1.54) is 28.4 Å². The van der Waals surface area contributed by atoms with Crippen molar-refractivity contribution >= 4 is 23.0 Å². The fraction of sp³-hybridized carbons (Fsp3) is 0.130. The van der Waals surface area contributed by atoms with Crippen molar-refractivity contribution in [3.63, 3.8) is 0 Å². The van der Waals surface area contributed by atoms with Crippen molar-refractivity contribution in [2.24, 2.45) is 0 Å². The number of nitrogens with zero attached hydrogens (tertiary/aromatic N) is 1. The first-order valence-electron chi connectivity index (χ1n) is 9.21. The van der Waals surface area contributed by atoms with Gasteiger partial charge in [-0.15, -0.1) is 11.3 Å². The minimum Gasteiger partial charge on any atom is -0.508 e. The molecule has 0 saturated heterocycles. The number of benzene rings is 2. The molecule has 0 bridgehead atoms. The standard InChI is InChI=1S/C23H19NO4S/c25-17-9-4-8-16(14-17)20-19(21(26)18-10-5-13-29-18)22(27)23(28)24(20)12-11-15-6-2-1-3-7-15/h1-10,13-14,20,25,27H,11-12H2. The summed E-state index contributed by atoms with van der Waals surface area (Å²) < 4.78 is 0. The first-order chi connectivity index (χ1) is 14.1. The lowest BCUT2D eigenvalue weighted by atomic mass is 9.95. The van der Waals surface area contributed by atoms with Gasteiger partial charge in [-0.25, -0.2) is 0 Å². The lowest BCUT2D eigenvalue weighted by Crippen LogP contribution is -2.33. The number of rotatable bonds is 6. The van der Waals surface area contributed by atoms with Crippen LogP contribution in [0.5, 0.6) is 5.75 Å². The van der Waals surface area contributed by atoms with Crippen LogP contribution in [0.3, 0.4) is 0 Å². The first kappa shape index (κ1) is 19.0. The van der Waals surface area contributed by atoms with Crippen molar-refractivity contribution in [3.8, 4) is 5.75 Å². The van der Waals surface area contributed by atoms with Crippen molar-refractivity contribution < 1.29 is 19.8 Å². The molecule has 0 saturated carbocycles. The molecule has 1 aromatic heterocycles. The number of Topliss-reactive ketones (excluding diaryl/α,β-unsaturated/α-hetero) is 1. The Balaban J connectivity index is 1.73. The first-order valence-corrected chi connectivity index (χ1v) is 10.1. The van der Waals surface area contributed by atoms with E-state index in [2.05, 4.69) is 0 Å². The highest BCUT2D eigenvalue weighted by atomic mass is 32.1. The van der Waals surface area contributed by atoms with E-state index in [9.17, 15) is 19.8 Å². The minimum absolute atomic E-state index is 0.0345. The number of hydrogen-bond donors (Lipinski definition) is 2. The summed E-state index contributed by atoms with van der Waals surface area (Å²) in [5, 5.41) is 22.3. The van der Waals surface area contributed by atoms with Crippen LogP contribution in [0.2, 0.25) is 0 Å². The normalized spacial score (nSPS) is 16.5. The summed E-state index contributed by atoms with van der Waals surface area (Å²) in [5.41, 5.74) is 1.68. The minimum atomic E-state index is -0.757. The molecule has 2 heterocycles. The Labute approximate surface area is 172 Å². The molecule has 3 aromatic rings. The van der Waals surface area contributed by atoms with Gasteiger partial charge in [-0.2, -0.15) is 0 Å². The summed E-state index contributed by atoms with van der Waals surface area (Å²) in [4.78, 5) is 27.9. The molecule has 1 aliphatic rings. The van der Waals surface area contributed by atoms with E-state index in [0.29, 0.717) is 23.4 Å². The Bertz CT molecular complexity index is 1070. The van der Waals surface area contributed by atoms with Gasteiger partial charge in [0.05, 0.1) is 16.5 Å². The van der Waals surface area contributed by atoms with Crippen molar-refractivity contribution in [2.75, 3.05) is 6.54 Å². The second-order valence-corrected chi connectivity index (χ2v) is 7.75. The Morgan fingerprint density at radius 3 is 2.48 bits per heavy atom. The Morgan fingerprint density at radius 2 is 1.79 bits per heavy atom. The van der Waals surface area contributed by atoms with Crippen molar-refractivity contribution in [1.29, 1.82) is 0 Å². The van der Waals surface area contributed by atoms with Gasteiger partial charge in [0.1, 0.15) is 5.75 Å². The van der Waals surface area contributed by atoms with Crippen LogP contribution in [0.25, 0.3) is 0 Å². The van der Waals surface area contributed by atoms with Gasteiger partial charge in [-0.3, -0.25) is 9.59 Å². The number of amides is 1. The van der Waals surface area contributed by atoms with Gasteiger partial charge in [0.25, 0.3) is 5.91 Å². The predicted molar refractivity (Wildman–Crippen MR) is 111 cm³/mol. The number of thiophene rings is 1. The van der Waals surface area contributed by atoms with Crippen LogP contribution in [0.1, 0.15) is 26.8 Å². The van der Waals surface area contributed by atoms with Crippen molar-refractivity contribution in [3.05, 3.63) is 99.4 Å². The summed E-state index contributed by atoms with van der Waals surface area (Å²) in [5.74, 6) is -1.44. The lowest BCUT2D eigenvalue weighted by molar-refractivity contribution is -0.129. The smallest absolute Gasteiger partial charge is 0.290 e. The average Bonchev–Trinajstić information content (AvgIpc) is 3.35. The number of phenols is 1. The molecule has 0 fully saturated rings. The molecule has 2 N–H and O–H groups in total. The Kier molecular flexibility index (Phi) is 5.18. The average molecular weight is 405 g/mol. The molecule has 5 nitrogen and oxygen atoms in total. The number of phenolic OH excluding ortho intramolecular Hbond substituents is 1. The largest absolute Gasteiger partial charge is 0.508 e. The molecule has 6 heteroatoms. The fourth-order valence-corrected chi connectivity index (χ4v) is 4.27. The van der Waals surface area contributed by atoms with Gasteiger partial charge in [-0.05, 0) is 41.1 Å². The van der Waals surface area contributed by atoms with E-state index >= 15 is 0 Å². The molecule has 0 aliphatic carbocycles. The second-order valence-electron chi connectivity index (χ2n) is 6.80. The third kappa shape index (κ3) is 3.67. The van der Waals surface area contributed by atoms with Gasteiger partial charge in [0.15, 0.2) is 5.76 Å². The summed E-state index contributed by atoms with van der Waals surface area (Å²) >= 11 is 1.26. The summed E-state index contributed by atoms with van der Waals surface area (Å²) in [6, 6.07) is 18.8. The Morgan fingerprint density at radius 1 is 1.00 bits per heavy atom. The predicted octanol–water partition coefficient (Wildman–Crippen LogP) is 4.27. The maximum absolute atomic E-state index is 13.1. The number of hydrogen-bond acceptors (Lipinski definition) is 5. The molecule has 29 heavy (non-hydrogen) atoms. The van der Waals surface area contributed by atoms with Crippen LogP contribution in [0, 0.1) is 0 Å². The molecule has 1 unspecified atom stereocenters. The van der Waals surface area contributed by atoms with Gasteiger partial charge < -0.3 is 15.1 Å². The number of ketones is 1. The van der Waals surface area contributed by atoms with Crippen LogP contribution in [-0.2, 0) is 11.2 Å². The molecule has 1 aliphatic heterocycles. The topological polar surface area (TPSA) is 77.8 Å². The van der Waals surface area contributed by atoms with Crippen LogP contribution in [0.4, 0.5) is 0 Å². The summed E-state index contributed by atoms with van der Waals surface area (Å²) in [6.07, 6.45) is 0.579. The molecular weight excluding hydrogens is 386 g/mol. The maximum Gasteiger partial charge on any atom is 0.290 e. The highest BCUT2D eigenvalue weighted by molar-refractivity contribution is 7.12. The number of aromatic hydroxyl groups is 1. The van der Waals surface area contributed by atoms with Crippen molar-refractivity contribution in [1.82, 2.24) is 4.90 Å². The quantitative estimate of drug-likeness (QED) is 0.600. The van der Waals surface area contributed by atoms with Gasteiger partial charge in [0.2, 0.25) is 5.78 Å². The molecule has 2 aromatic carbocycles.